The second-order valence-electron chi connectivity index (χ2n) is 7.54. The van der Waals surface area contributed by atoms with Crippen LogP contribution in [0.15, 0.2) is 29.5 Å². The fourth-order valence-electron chi connectivity index (χ4n) is 3.54. The summed E-state index contributed by atoms with van der Waals surface area (Å²) in [6.45, 7) is 7.17. The monoisotopic (exact) mass is 346 g/mol. The van der Waals surface area contributed by atoms with E-state index < -0.39 is 0 Å². The minimum absolute atomic E-state index is 0.383. The first-order chi connectivity index (χ1) is 12.1. The third-order valence-corrected chi connectivity index (χ3v) is 5.51. The van der Waals surface area contributed by atoms with Crippen molar-refractivity contribution < 1.29 is 4.74 Å². The first kappa shape index (κ1) is 19.7. The maximum absolute atomic E-state index is 5.28. The number of nitrogens with zero attached hydrogens (tertiary/aromatic N) is 2. The number of ether oxygens (including phenoxy) is 1. The van der Waals surface area contributed by atoms with Crippen molar-refractivity contribution in [2.24, 2.45) is 16.3 Å². The Morgan fingerprint density at radius 3 is 2.68 bits per heavy atom. The molecule has 5 heteroatoms. The van der Waals surface area contributed by atoms with Gasteiger partial charge in [-0.05, 0) is 42.2 Å². The molecule has 0 amide bonds. The molecular formula is C20H34N4O. The molecule has 0 saturated heterocycles. The van der Waals surface area contributed by atoms with E-state index in [0.717, 1.165) is 32.1 Å². The molecule has 2 rings (SSSR count). The molecule has 1 aromatic heterocycles. The largest absolute Gasteiger partial charge is 0.385 e. The molecule has 0 aromatic carbocycles. The zero-order valence-corrected chi connectivity index (χ0v) is 16.2. The average Bonchev–Trinajstić information content (AvgIpc) is 2.59. The van der Waals surface area contributed by atoms with Crippen LogP contribution in [0.3, 0.4) is 0 Å². The Morgan fingerprint density at radius 2 is 2.16 bits per heavy atom. The summed E-state index contributed by atoms with van der Waals surface area (Å²) in [4.78, 5) is 8.67. The summed E-state index contributed by atoms with van der Waals surface area (Å²) in [5.74, 6) is 1.84. The van der Waals surface area contributed by atoms with E-state index >= 15 is 0 Å². The van der Waals surface area contributed by atoms with Crippen molar-refractivity contribution in [3.05, 3.63) is 30.1 Å². The Labute approximate surface area is 152 Å². The Bertz CT molecular complexity index is 526. The van der Waals surface area contributed by atoms with E-state index in [9.17, 15) is 0 Å². The lowest BCUT2D eigenvalue weighted by Crippen LogP contribution is -2.47. The summed E-state index contributed by atoms with van der Waals surface area (Å²) in [6, 6.07) is 4.16. The number of methoxy groups -OCH3 is 1. The lowest BCUT2D eigenvalue weighted by molar-refractivity contribution is 0.0732. The van der Waals surface area contributed by atoms with E-state index in [2.05, 4.69) is 40.5 Å². The molecule has 1 aliphatic rings. The molecule has 0 bridgehead atoms. The van der Waals surface area contributed by atoms with E-state index in [1.54, 1.807) is 7.11 Å². The summed E-state index contributed by atoms with van der Waals surface area (Å²) < 4.78 is 5.28. The van der Waals surface area contributed by atoms with E-state index in [1.807, 2.05) is 25.5 Å². The number of hydrogen-bond donors (Lipinski definition) is 2. The molecule has 140 valence electrons. The number of aromatic nitrogens is 1. The van der Waals surface area contributed by atoms with Crippen LogP contribution in [-0.2, 0) is 4.74 Å². The summed E-state index contributed by atoms with van der Waals surface area (Å²) in [5.41, 5.74) is 1.66. The predicted molar refractivity (Wildman–Crippen MR) is 104 cm³/mol. The molecule has 25 heavy (non-hydrogen) atoms. The first-order valence-corrected chi connectivity index (χ1v) is 9.43. The Balaban J connectivity index is 1.86. The highest BCUT2D eigenvalue weighted by Gasteiger charge is 2.36. The Kier molecular flexibility index (Phi) is 7.69. The fourth-order valence-corrected chi connectivity index (χ4v) is 3.54. The molecule has 1 heterocycles. The van der Waals surface area contributed by atoms with Crippen LogP contribution in [0.5, 0.6) is 0 Å². The van der Waals surface area contributed by atoms with E-state index in [0.29, 0.717) is 17.3 Å². The third-order valence-electron chi connectivity index (χ3n) is 5.51. The summed E-state index contributed by atoms with van der Waals surface area (Å²) in [5, 5.41) is 7.04. The predicted octanol–water partition coefficient (Wildman–Crippen LogP) is 3.19. The second kappa shape index (κ2) is 9.76. The number of rotatable bonds is 9. The molecule has 0 radical (unpaired) electrons. The van der Waals surface area contributed by atoms with Gasteiger partial charge in [0, 0.05) is 52.2 Å². The van der Waals surface area contributed by atoms with E-state index in [1.165, 1.54) is 24.8 Å². The highest BCUT2D eigenvalue weighted by atomic mass is 16.5. The molecule has 1 fully saturated rings. The number of guanidine groups is 1. The normalized spacial score (nSPS) is 17.9. The van der Waals surface area contributed by atoms with Gasteiger partial charge in [-0.25, -0.2) is 0 Å². The van der Waals surface area contributed by atoms with Crippen LogP contribution in [0.25, 0.3) is 0 Å². The lowest BCUT2D eigenvalue weighted by atomic mass is 9.67. The quantitative estimate of drug-likeness (QED) is 0.532. The molecular weight excluding hydrogens is 312 g/mol. The van der Waals surface area contributed by atoms with Gasteiger partial charge >= 0.3 is 0 Å². The first-order valence-electron chi connectivity index (χ1n) is 9.43. The van der Waals surface area contributed by atoms with Gasteiger partial charge in [0.15, 0.2) is 5.96 Å². The SMILES string of the molecule is CN=C(NCC(c1cccnc1)C(C)C)NCC1(CCOC)CCC1. The number of hydrogen-bond acceptors (Lipinski definition) is 3. The summed E-state index contributed by atoms with van der Waals surface area (Å²) >= 11 is 0. The lowest BCUT2D eigenvalue weighted by Gasteiger charge is -2.42. The van der Waals surface area contributed by atoms with Crippen LogP contribution >= 0.6 is 0 Å². The second-order valence-corrected chi connectivity index (χ2v) is 7.54. The van der Waals surface area contributed by atoms with Gasteiger partial charge in [-0.15, -0.1) is 0 Å². The highest BCUT2D eigenvalue weighted by molar-refractivity contribution is 5.79. The molecule has 1 unspecified atom stereocenters. The zero-order chi connectivity index (χ0) is 18.1. The molecule has 0 aliphatic heterocycles. The van der Waals surface area contributed by atoms with Crippen LogP contribution in [0, 0.1) is 11.3 Å². The number of pyridine rings is 1. The van der Waals surface area contributed by atoms with Crippen LogP contribution in [0.4, 0.5) is 0 Å². The number of aliphatic imine (C=N–C) groups is 1. The van der Waals surface area contributed by atoms with Crippen molar-refractivity contribution in [1.82, 2.24) is 15.6 Å². The third kappa shape index (κ3) is 5.70. The maximum atomic E-state index is 5.28. The Morgan fingerprint density at radius 1 is 1.36 bits per heavy atom. The van der Waals surface area contributed by atoms with Crippen LogP contribution in [0.1, 0.15) is 51.0 Å². The minimum atomic E-state index is 0.383. The summed E-state index contributed by atoms with van der Waals surface area (Å²) in [7, 11) is 3.62. The maximum Gasteiger partial charge on any atom is 0.191 e. The molecule has 2 N–H and O–H groups in total. The standard InChI is InChI=1S/C20H34N4O/c1-16(2)18(17-7-5-11-22-13-17)14-23-19(21-3)24-15-20(8-6-9-20)10-12-25-4/h5,7,11,13,16,18H,6,8-10,12,14-15H2,1-4H3,(H2,21,23,24). The van der Waals surface area contributed by atoms with Crippen molar-refractivity contribution in [2.45, 2.75) is 45.4 Å². The van der Waals surface area contributed by atoms with Gasteiger partial charge in [0.2, 0.25) is 0 Å². The van der Waals surface area contributed by atoms with E-state index in [4.69, 9.17) is 4.74 Å². The summed E-state index contributed by atoms with van der Waals surface area (Å²) in [6.07, 6.45) is 8.81. The van der Waals surface area contributed by atoms with Crippen molar-refractivity contribution in [1.29, 1.82) is 0 Å². The zero-order valence-electron chi connectivity index (χ0n) is 16.2. The van der Waals surface area contributed by atoms with Gasteiger partial charge in [0.25, 0.3) is 0 Å². The molecule has 1 saturated carbocycles. The Hall–Kier alpha value is -1.62. The highest BCUT2D eigenvalue weighted by Crippen LogP contribution is 2.43. The molecule has 1 aromatic rings. The van der Waals surface area contributed by atoms with Gasteiger partial charge < -0.3 is 15.4 Å². The van der Waals surface area contributed by atoms with Gasteiger partial charge in [0.05, 0.1) is 0 Å². The molecule has 1 aliphatic carbocycles. The van der Waals surface area contributed by atoms with Crippen LogP contribution in [0.2, 0.25) is 0 Å². The van der Waals surface area contributed by atoms with Crippen molar-refractivity contribution in [3.63, 3.8) is 0 Å². The van der Waals surface area contributed by atoms with Gasteiger partial charge in [-0.3, -0.25) is 9.98 Å². The van der Waals surface area contributed by atoms with Crippen LogP contribution < -0.4 is 10.6 Å². The average molecular weight is 347 g/mol. The smallest absolute Gasteiger partial charge is 0.191 e. The molecule has 5 nitrogen and oxygen atoms in total. The van der Waals surface area contributed by atoms with Crippen molar-refractivity contribution in [2.75, 3.05) is 33.9 Å². The molecule has 1 atom stereocenters. The fraction of sp³-hybridized carbons (Fsp3) is 0.700. The molecule has 0 spiro atoms. The number of nitrogens with one attached hydrogen (secondary N) is 2. The van der Waals surface area contributed by atoms with Crippen molar-refractivity contribution in [3.8, 4) is 0 Å². The van der Waals surface area contributed by atoms with E-state index in [-0.39, 0.29) is 0 Å². The van der Waals surface area contributed by atoms with Gasteiger partial charge in [-0.1, -0.05) is 26.3 Å². The van der Waals surface area contributed by atoms with Crippen LogP contribution in [-0.4, -0.2) is 44.8 Å². The van der Waals surface area contributed by atoms with Crippen molar-refractivity contribution >= 4 is 5.96 Å². The topological polar surface area (TPSA) is 58.5 Å². The van der Waals surface area contributed by atoms with Gasteiger partial charge in [-0.2, -0.15) is 0 Å². The minimum Gasteiger partial charge on any atom is -0.385 e. The van der Waals surface area contributed by atoms with Gasteiger partial charge in [0.1, 0.15) is 0 Å².